The van der Waals surface area contributed by atoms with Crippen molar-refractivity contribution in [2.45, 2.75) is 11.3 Å². The van der Waals surface area contributed by atoms with Crippen LogP contribution in [0.2, 0.25) is 0 Å². The van der Waals surface area contributed by atoms with Crippen LogP contribution in [0.25, 0.3) is 0 Å². The van der Waals surface area contributed by atoms with Gasteiger partial charge in [0.25, 0.3) is 0 Å². The van der Waals surface area contributed by atoms with Gasteiger partial charge in [0.15, 0.2) is 11.5 Å². The first-order valence-corrected chi connectivity index (χ1v) is 7.22. The Balaban J connectivity index is 1.63. The van der Waals surface area contributed by atoms with Gasteiger partial charge in [-0.25, -0.2) is 0 Å². The van der Waals surface area contributed by atoms with Gasteiger partial charge in [-0.1, -0.05) is 6.07 Å². The van der Waals surface area contributed by atoms with Crippen LogP contribution in [0.4, 0.5) is 0 Å². The van der Waals surface area contributed by atoms with E-state index in [0.717, 1.165) is 36.0 Å². The molecule has 2 heterocycles. The fourth-order valence-electron chi connectivity index (χ4n) is 1.94. The van der Waals surface area contributed by atoms with Crippen LogP contribution >= 0.6 is 11.8 Å². The van der Waals surface area contributed by atoms with Gasteiger partial charge in [0.1, 0.15) is 13.2 Å². The van der Waals surface area contributed by atoms with Crippen molar-refractivity contribution in [3.8, 4) is 11.5 Å². The molecule has 2 aliphatic rings. The molecule has 1 unspecified atom stereocenters. The van der Waals surface area contributed by atoms with Gasteiger partial charge in [0.2, 0.25) is 0 Å². The standard InChI is InChI=1S/C13H17NO3S/c14-11(8-18-10-6-15-7-10)9-1-2-12-13(5-9)17-4-3-16-12/h1-2,5,10-11H,3-4,6-8,14H2. The molecular weight excluding hydrogens is 250 g/mol. The molecule has 0 aliphatic carbocycles. The molecule has 0 bridgehead atoms. The number of hydrogen-bond donors (Lipinski definition) is 1. The Morgan fingerprint density at radius 1 is 1.22 bits per heavy atom. The van der Waals surface area contributed by atoms with E-state index in [-0.39, 0.29) is 6.04 Å². The van der Waals surface area contributed by atoms with Crippen molar-refractivity contribution in [3.05, 3.63) is 23.8 Å². The van der Waals surface area contributed by atoms with Crippen molar-refractivity contribution in [2.24, 2.45) is 5.73 Å². The molecule has 1 atom stereocenters. The molecule has 0 spiro atoms. The van der Waals surface area contributed by atoms with Gasteiger partial charge in [-0.05, 0) is 17.7 Å². The smallest absolute Gasteiger partial charge is 0.161 e. The van der Waals surface area contributed by atoms with E-state index in [1.54, 1.807) is 0 Å². The molecule has 2 N–H and O–H groups in total. The molecule has 3 rings (SSSR count). The number of rotatable bonds is 4. The van der Waals surface area contributed by atoms with E-state index >= 15 is 0 Å². The quantitative estimate of drug-likeness (QED) is 0.898. The maximum absolute atomic E-state index is 6.20. The fraction of sp³-hybridized carbons (Fsp3) is 0.538. The summed E-state index contributed by atoms with van der Waals surface area (Å²) in [5.41, 5.74) is 7.30. The van der Waals surface area contributed by atoms with Gasteiger partial charge in [-0.2, -0.15) is 11.8 Å². The van der Waals surface area contributed by atoms with Crippen LogP contribution in [0.15, 0.2) is 18.2 Å². The van der Waals surface area contributed by atoms with E-state index in [4.69, 9.17) is 19.9 Å². The third-order valence-electron chi connectivity index (χ3n) is 3.11. The summed E-state index contributed by atoms with van der Waals surface area (Å²) in [5, 5.41) is 0.619. The lowest BCUT2D eigenvalue weighted by Crippen LogP contribution is -2.31. The number of ether oxygens (including phenoxy) is 3. The van der Waals surface area contributed by atoms with Gasteiger partial charge in [-0.3, -0.25) is 0 Å². The molecule has 0 saturated carbocycles. The van der Waals surface area contributed by atoms with Crippen LogP contribution in [0, 0.1) is 0 Å². The van der Waals surface area contributed by atoms with Gasteiger partial charge in [0.05, 0.1) is 18.5 Å². The van der Waals surface area contributed by atoms with Crippen LogP contribution in [0.1, 0.15) is 11.6 Å². The van der Waals surface area contributed by atoms with Crippen LogP contribution < -0.4 is 15.2 Å². The third-order valence-corrected chi connectivity index (χ3v) is 4.41. The molecule has 2 aliphatic heterocycles. The molecule has 0 aromatic heterocycles. The van der Waals surface area contributed by atoms with E-state index < -0.39 is 0 Å². The van der Waals surface area contributed by atoms with E-state index in [9.17, 15) is 0 Å². The third kappa shape index (κ3) is 2.58. The second-order valence-electron chi connectivity index (χ2n) is 4.50. The maximum atomic E-state index is 6.20. The minimum atomic E-state index is 0.0337. The van der Waals surface area contributed by atoms with Gasteiger partial charge in [0, 0.05) is 11.8 Å². The Bertz CT molecular complexity index is 423. The number of hydrogen-bond acceptors (Lipinski definition) is 5. The van der Waals surface area contributed by atoms with Crippen molar-refractivity contribution in [3.63, 3.8) is 0 Å². The lowest BCUT2D eigenvalue weighted by molar-refractivity contribution is 0.0455. The predicted molar refractivity (Wildman–Crippen MR) is 71.4 cm³/mol. The van der Waals surface area contributed by atoms with Crippen LogP contribution in [0.5, 0.6) is 11.5 Å². The lowest BCUT2D eigenvalue weighted by atomic mass is 10.1. The van der Waals surface area contributed by atoms with Gasteiger partial charge in [-0.15, -0.1) is 0 Å². The highest BCUT2D eigenvalue weighted by atomic mass is 32.2. The van der Waals surface area contributed by atoms with Crippen molar-refractivity contribution in [2.75, 3.05) is 32.2 Å². The summed E-state index contributed by atoms with van der Waals surface area (Å²) in [6.07, 6.45) is 0. The second kappa shape index (κ2) is 5.38. The van der Waals surface area contributed by atoms with E-state index in [1.807, 2.05) is 30.0 Å². The summed E-state index contributed by atoms with van der Waals surface area (Å²) in [6, 6.07) is 6.00. The molecule has 1 saturated heterocycles. The van der Waals surface area contributed by atoms with Crippen molar-refractivity contribution in [1.82, 2.24) is 0 Å². The molecule has 0 amide bonds. The summed E-state index contributed by atoms with van der Waals surface area (Å²) in [6.45, 7) is 2.95. The van der Waals surface area contributed by atoms with Crippen molar-refractivity contribution < 1.29 is 14.2 Å². The second-order valence-corrected chi connectivity index (χ2v) is 5.84. The Kier molecular flexibility index (Phi) is 3.63. The summed E-state index contributed by atoms with van der Waals surface area (Å²) < 4.78 is 16.2. The maximum Gasteiger partial charge on any atom is 0.161 e. The van der Waals surface area contributed by atoms with E-state index in [0.29, 0.717) is 18.5 Å². The Morgan fingerprint density at radius 2 is 2.00 bits per heavy atom. The van der Waals surface area contributed by atoms with Crippen molar-refractivity contribution in [1.29, 1.82) is 0 Å². The molecule has 0 radical (unpaired) electrons. The Hall–Kier alpha value is -0.910. The number of fused-ring (bicyclic) bond motifs is 1. The zero-order valence-electron chi connectivity index (χ0n) is 10.1. The molecule has 1 aromatic carbocycles. The number of benzene rings is 1. The largest absolute Gasteiger partial charge is 0.486 e. The normalized spacial score (nSPS) is 20.3. The summed E-state index contributed by atoms with van der Waals surface area (Å²) >= 11 is 1.88. The molecule has 4 nitrogen and oxygen atoms in total. The topological polar surface area (TPSA) is 53.7 Å². The molecule has 5 heteroatoms. The SMILES string of the molecule is NC(CSC1COC1)c1ccc2c(c1)OCCO2. The lowest BCUT2D eigenvalue weighted by Gasteiger charge is -2.26. The fourth-order valence-corrected chi connectivity index (χ4v) is 2.99. The summed E-state index contributed by atoms with van der Waals surface area (Å²) in [7, 11) is 0. The van der Waals surface area contributed by atoms with E-state index in [2.05, 4.69) is 0 Å². The zero-order valence-corrected chi connectivity index (χ0v) is 10.9. The number of thioether (sulfide) groups is 1. The first-order chi connectivity index (χ1) is 8.83. The Morgan fingerprint density at radius 3 is 2.72 bits per heavy atom. The number of nitrogens with two attached hydrogens (primary N) is 1. The molecular formula is C13H17NO3S. The van der Waals surface area contributed by atoms with Crippen molar-refractivity contribution >= 4 is 11.8 Å². The average molecular weight is 267 g/mol. The zero-order chi connectivity index (χ0) is 12.4. The van der Waals surface area contributed by atoms with Gasteiger partial charge < -0.3 is 19.9 Å². The monoisotopic (exact) mass is 267 g/mol. The van der Waals surface area contributed by atoms with Crippen LogP contribution in [0.3, 0.4) is 0 Å². The molecule has 98 valence electrons. The molecule has 1 fully saturated rings. The molecule has 18 heavy (non-hydrogen) atoms. The summed E-state index contributed by atoms with van der Waals surface area (Å²) in [5.74, 6) is 2.54. The van der Waals surface area contributed by atoms with E-state index in [1.165, 1.54) is 0 Å². The highest BCUT2D eigenvalue weighted by Gasteiger charge is 2.21. The highest BCUT2D eigenvalue weighted by Crippen LogP contribution is 2.33. The average Bonchev–Trinajstić information content (AvgIpc) is 2.36. The first kappa shape index (κ1) is 12.1. The summed E-state index contributed by atoms with van der Waals surface area (Å²) in [4.78, 5) is 0. The minimum Gasteiger partial charge on any atom is -0.486 e. The first-order valence-electron chi connectivity index (χ1n) is 6.17. The Labute approximate surface area is 111 Å². The van der Waals surface area contributed by atoms with Crippen LogP contribution in [-0.2, 0) is 4.74 Å². The van der Waals surface area contributed by atoms with Gasteiger partial charge >= 0.3 is 0 Å². The van der Waals surface area contributed by atoms with Crippen LogP contribution in [-0.4, -0.2) is 37.4 Å². The minimum absolute atomic E-state index is 0.0337. The highest BCUT2D eigenvalue weighted by molar-refractivity contribution is 8.00. The molecule has 1 aromatic rings. The predicted octanol–water partition coefficient (Wildman–Crippen LogP) is 1.59.